The van der Waals surface area contributed by atoms with E-state index in [4.69, 9.17) is 9.47 Å². The van der Waals surface area contributed by atoms with E-state index < -0.39 is 0 Å². The van der Waals surface area contributed by atoms with Crippen LogP contribution in [0.5, 0.6) is 0 Å². The third kappa shape index (κ3) is 5.84. The van der Waals surface area contributed by atoms with Gasteiger partial charge in [0.2, 0.25) is 0 Å². The molecule has 0 spiro atoms. The van der Waals surface area contributed by atoms with Crippen molar-refractivity contribution >= 4 is 0 Å². The summed E-state index contributed by atoms with van der Waals surface area (Å²) in [4.78, 5) is 0. The number of hydrogen-bond acceptors (Lipinski definition) is 3. The van der Waals surface area contributed by atoms with Crippen molar-refractivity contribution in [3.63, 3.8) is 0 Å². The fourth-order valence-corrected chi connectivity index (χ4v) is 2.64. The Morgan fingerprint density at radius 3 is 2.24 bits per heavy atom. The van der Waals surface area contributed by atoms with Crippen LogP contribution in [0.4, 0.5) is 0 Å². The van der Waals surface area contributed by atoms with Crippen LogP contribution in [0.15, 0.2) is 0 Å². The van der Waals surface area contributed by atoms with Crippen LogP contribution in [-0.2, 0) is 9.47 Å². The molecule has 0 saturated heterocycles. The predicted octanol–water partition coefficient (Wildman–Crippen LogP) is 2.94. The van der Waals surface area contributed by atoms with Crippen LogP contribution in [0, 0.1) is 5.92 Å². The van der Waals surface area contributed by atoms with Gasteiger partial charge in [0.15, 0.2) is 6.29 Å². The largest absolute Gasteiger partial charge is 0.353 e. The summed E-state index contributed by atoms with van der Waals surface area (Å²) in [5.41, 5.74) is 0. The summed E-state index contributed by atoms with van der Waals surface area (Å²) in [6.45, 7) is 8.78. The van der Waals surface area contributed by atoms with Gasteiger partial charge in [-0.2, -0.15) is 0 Å². The van der Waals surface area contributed by atoms with Crippen molar-refractivity contribution in [2.45, 2.75) is 65.2 Å². The van der Waals surface area contributed by atoms with Gasteiger partial charge in [0, 0.05) is 32.2 Å². The van der Waals surface area contributed by atoms with Gasteiger partial charge in [-0.15, -0.1) is 0 Å². The van der Waals surface area contributed by atoms with Gasteiger partial charge >= 0.3 is 0 Å². The molecule has 1 fully saturated rings. The molecule has 0 amide bonds. The molecule has 1 N–H and O–H groups in total. The molecule has 1 atom stereocenters. The Morgan fingerprint density at radius 2 is 1.71 bits per heavy atom. The van der Waals surface area contributed by atoms with Crippen LogP contribution in [0.25, 0.3) is 0 Å². The van der Waals surface area contributed by atoms with Gasteiger partial charge in [-0.1, -0.05) is 12.8 Å². The summed E-state index contributed by atoms with van der Waals surface area (Å²) >= 11 is 0. The molecule has 1 saturated carbocycles. The first kappa shape index (κ1) is 14.9. The van der Waals surface area contributed by atoms with E-state index in [2.05, 4.69) is 12.2 Å². The fraction of sp³-hybridized carbons (Fsp3) is 1.00. The molecule has 1 aliphatic rings. The number of rotatable bonds is 9. The number of nitrogens with one attached hydrogen (secondary N) is 1. The molecular weight excluding hydrogens is 214 g/mol. The van der Waals surface area contributed by atoms with Gasteiger partial charge in [0.05, 0.1) is 0 Å². The molecule has 1 unspecified atom stereocenters. The summed E-state index contributed by atoms with van der Waals surface area (Å²) < 4.78 is 11.1. The zero-order valence-corrected chi connectivity index (χ0v) is 11.7. The SMILES string of the molecule is CCOC(CCNC(C)C1CCCC1)OCC. The summed E-state index contributed by atoms with van der Waals surface area (Å²) in [5, 5.41) is 3.61. The molecule has 0 aromatic carbocycles. The minimum Gasteiger partial charge on any atom is -0.353 e. The highest BCUT2D eigenvalue weighted by molar-refractivity contribution is 4.77. The highest BCUT2D eigenvalue weighted by Gasteiger charge is 2.21. The Balaban J connectivity index is 2.11. The maximum Gasteiger partial charge on any atom is 0.158 e. The maximum absolute atomic E-state index is 5.53. The van der Waals surface area contributed by atoms with E-state index in [1.807, 2.05) is 13.8 Å². The molecular formula is C14H29NO2. The molecule has 0 heterocycles. The first-order valence-corrected chi connectivity index (χ1v) is 7.24. The zero-order chi connectivity index (χ0) is 12.5. The third-order valence-corrected chi connectivity index (χ3v) is 3.66. The molecule has 1 aliphatic carbocycles. The lowest BCUT2D eigenvalue weighted by molar-refractivity contribution is -0.138. The van der Waals surface area contributed by atoms with Crippen LogP contribution in [0.1, 0.15) is 52.9 Å². The average Bonchev–Trinajstić information content (AvgIpc) is 2.83. The predicted molar refractivity (Wildman–Crippen MR) is 71.1 cm³/mol. The standard InChI is InChI=1S/C14H29NO2/c1-4-16-14(17-5-2)10-11-15-12(3)13-8-6-7-9-13/h12-15H,4-11H2,1-3H3. The van der Waals surface area contributed by atoms with Crippen LogP contribution >= 0.6 is 0 Å². The van der Waals surface area contributed by atoms with Crippen LogP contribution < -0.4 is 5.32 Å². The number of ether oxygens (including phenoxy) is 2. The van der Waals surface area contributed by atoms with Crippen LogP contribution in [0.2, 0.25) is 0 Å². The Morgan fingerprint density at radius 1 is 1.12 bits per heavy atom. The minimum atomic E-state index is -0.0340. The van der Waals surface area contributed by atoms with Gasteiger partial charge in [-0.25, -0.2) is 0 Å². The fourth-order valence-electron chi connectivity index (χ4n) is 2.64. The van der Waals surface area contributed by atoms with E-state index in [9.17, 15) is 0 Å². The Labute approximate surface area is 106 Å². The Hall–Kier alpha value is -0.120. The van der Waals surface area contributed by atoms with Crippen molar-refractivity contribution in [2.75, 3.05) is 19.8 Å². The van der Waals surface area contributed by atoms with Crippen LogP contribution in [0.3, 0.4) is 0 Å². The van der Waals surface area contributed by atoms with Gasteiger partial charge in [-0.3, -0.25) is 0 Å². The second-order valence-corrected chi connectivity index (χ2v) is 4.92. The van der Waals surface area contributed by atoms with E-state index in [1.54, 1.807) is 0 Å². The van der Waals surface area contributed by atoms with Crippen molar-refractivity contribution < 1.29 is 9.47 Å². The summed E-state index contributed by atoms with van der Waals surface area (Å²) in [5.74, 6) is 0.882. The monoisotopic (exact) mass is 243 g/mol. The molecule has 3 nitrogen and oxygen atoms in total. The smallest absolute Gasteiger partial charge is 0.158 e. The van der Waals surface area contributed by atoms with E-state index >= 15 is 0 Å². The molecule has 0 radical (unpaired) electrons. The molecule has 102 valence electrons. The van der Waals surface area contributed by atoms with Crippen LogP contribution in [-0.4, -0.2) is 32.1 Å². The minimum absolute atomic E-state index is 0.0340. The maximum atomic E-state index is 5.53. The zero-order valence-electron chi connectivity index (χ0n) is 11.7. The second kappa shape index (κ2) is 8.90. The number of hydrogen-bond donors (Lipinski definition) is 1. The van der Waals surface area contributed by atoms with Gasteiger partial charge in [0.1, 0.15) is 0 Å². The van der Waals surface area contributed by atoms with Crippen molar-refractivity contribution in [3.8, 4) is 0 Å². The highest BCUT2D eigenvalue weighted by Crippen LogP contribution is 2.27. The lowest BCUT2D eigenvalue weighted by atomic mass is 10.00. The molecule has 0 bridgehead atoms. The third-order valence-electron chi connectivity index (χ3n) is 3.66. The average molecular weight is 243 g/mol. The molecule has 17 heavy (non-hydrogen) atoms. The molecule has 3 heteroatoms. The van der Waals surface area contributed by atoms with Crippen molar-refractivity contribution in [1.29, 1.82) is 0 Å². The lowest BCUT2D eigenvalue weighted by Crippen LogP contribution is -2.35. The molecule has 0 aromatic rings. The van der Waals surface area contributed by atoms with Gasteiger partial charge < -0.3 is 14.8 Å². The van der Waals surface area contributed by atoms with E-state index in [-0.39, 0.29) is 6.29 Å². The quantitative estimate of drug-likeness (QED) is 0.632. The molecule has 1 rings (SSSR count). The second-order valence-electron chi connectivity index (χ2n) is 4.92. The van der Waals surface area contributed by atoms with E-state index in [1.165, 1.54) is 25.7 Å². The van der Waals surface area contributed by atoms with Crippen molar-refractivity contribution in [1.82, 2.24) is 5.32 Å². The van der Waals surface area contributed by atoms with E-state index in [0.29, 0.717) is 6.04 Å². The summed E-state index contributed by atoms with van der Waals surface area (Å²) in [7, 11) is 0. The lowest BCUT2D eigenvalue weighted by Gasteiger charge is -2.22. The topological polar surface area (TPSA) is 30.5 Å². The first-order valence-electron chi connectivity index (χ1n) is 7.24. The van der Waals surface area contributed by atoms with Crippen molar-refractivity contribution in [3.05, 3.63) is 0 Å². The highest BCUT2D eigenvalue weighted by atomic mass is 16.7. The molecule has 0 aliphatic heterocycles. The summed E-state index contributed by atoms with van der Waals surface area (Å²) in [6.07, 6.45) is 6.53. The van der Waals surface area contributed by atoms with Crippen molar-refractivity contribution in [2.24, 2.45) is 5.92 Å². The Bertz CT molecular complexity index is 173. The normalized spacial score (nSPS) is 19.1. The van der Waals surface area contributed by atoms with E-state index in [0.717, 1.165) is 32.1 Å². The summed E-state index contributed by atoms with van der Waals surface area (Å²) in [6, 6.07) is 0.640. The van der Waals surface area contributed by atoms with Gasteiger partial charge in [0.25, 0.3) is 0 Å². The Kier molecular flexibility index (Phi) is 7.82. The van der Waals surface area contributed by atoms with Gasteiger partial charge in [-0.05, 0) is 39.5 Å². The molecule has 0 aromatic heterocycles. The first-order chi connectivity index (χ1) is 8.27.